The van der Waals surface area contributed by atoms with E-state index in [0.717, 1.165) is 5.69 Å². The van der Waals surface area contributed by atoms with Crippen molar-refractivity contribution in [3.05, 3.63) is 18.5 Å². The highest BCUT2D eigenvalue weighted by Gasteiger charge is 2.04. The molecule has 0 saturated carbocycles. The van der Waals surface area contributed by atoms with Gasteiger partial charge in [-0.3, -0.25) is 0 Å². The maximum atomic E-state index is 4.78. The van der Waals surface area contributed by atoms with Crippen LogP contribution in [0.25, 0.3) is 11.5 Å². The predicted octanol–water partition coefficient (Wildman–Crippen LogP) is 0.569. The molecule has 0 radical (unpaired) electrons. The highest BCUT2D eigenvalue weighted by atomic mass is 16.5. The summed E-state index contributed by atoms with van der Waals surface area (Å²) in [6.07, 6.45) is 3.07. The van der Waals surface area contributed by atoms with Crippen molar-refractivity contribution in [3.8, 4) is 11.5 Å². The SMILES string of the molecule is c1cc2nncc-2on1. The predicted molar refractivity (Wildman–Crippen MR) is 28.7 cm³/mol. The van der Waals surface area contributed by atoms with Gasteiger partial charge in [-0.25, -0.2) is 0 Å². The summed E-state index contributed by atoms with van der Waals surface area (Å²) in [6.45, 7) is 0. The topological polar surface area (TPSA) is 51.8 Å². The van der Waals surface area contributed by atoms with E-state index in [1.807, 2.05) is 0 Å². The lowest BCUT2D eigenvalue weighted by Crippen LogP contribution is -1.75. The minimum absolute atomic E-state index is 0.623. The number of hydrogen-bond donors (Lipinski definition) is 0. The minimum Gasteiger partial charge on any atom is -0.353 e. The van der Waals surface area contributed by atoms with Crippen LogP contribution in [-0.4, -0.2) is 15.4 Å². The maximum absolute atomic E-state index is 4.78. The summed E-state index contributed by atoms with van der Waals surface area (Å²) < 4.78 is 4.78. The second kappa shape index (κ2) is 1.51. The van der Waals surface area contributed by atoms with Gasteiger partial charge in [0, 0.05) is 0 Å². The van der Waals surface area contributed by atoms with E-state index in [2.05, 4.69) is 15.4 Å². The molecule has 0 amide bonds. The molecule has 0 spiro atoms. The Hall–Kier alpha value is -1.45. The van der Waals surface area contributed by atoms with Crippen LogP contribution < -0.4 is 0 Å². The van der Waals surface area contributed by atoms with Gasteiger partial charge in [0.15, 0.2) is 0 Å². The Morgan fingerprint density at radius 1 is 1.44 bits per heavy atom. The van der Waals surface area contributed by atoms with E-state index in [9.17, 15) is 0 Å². The monoisotopic (exact) mass is 121 g/mol. The second-order valence-corrected chi connectivity index (χ2v) is 1.61. The molecule has 0 bridgehead atoms. The fourth-order valence-electron chi connectivity index (χ4n) is 0.633. The van der Waals surface area contributed by atoms with Gasteiger partial charge in [0.2, 0.25) is 5.76 Å². The van der Waals surface area contributed by atoms with Crippen LogP contribution in [0, 0.1) is 0 Å². The van der Waals surface area contributed by atoms with Gasteiger partial charge >= 0.3 is 0 Å². The number of hydrogen-bond acceptors (Lipinski definition) is 4. The molecule has 0 aliphatic carbocycles. The first-order valence-corrected chi connectivity index (χ1v) is 2.49. The van der Waals surface area contributed by atoms with Crippen LogP contribution in [0.4, 0.5) is 0 Å². The Balaban J connectivity index is 2.79. The molecule has 0 saturated heterocycles. The van der Waals surface area contributed by atoms with E-state index < -0.39 is 0 Å². The van der Waals surface area contributed by atoms with E-state index in [1.165, 1.54) is 12.4 Å². The third-order valence-corrected chi connectivity index (χ3v) is 1.04. The van der Waals surface area contributed by atoms with Gasteiger partial charge in [-0.15, -0.1) is 5.10 Å². The molecule has 0 unspecified atom stereocenters. The summed E-state index contributed by atoms with van der Waals surface area (Å²) in [5.74, 6) is 0.623. The average Bonchev–Trinajstić information content (AvgIpc) is 2.33. The summed E-state index contributed by atoms with van der Waals surface area (Å²) in [5, 5.41) is 10.9. The molecule has 0 aromatic rings. The fourth-order valence-corrected chi connectivity index (χ4v) is 0.633. The van der Waals surface area contributed by atoms with Crippen molar-refractivity contribution in [1.29, 1.82) is 0 Å². The molecule has 0 N–H and O–H groups in total. The zero-order valence-corrected chi connectivity index (χ0v) is 4.48. The quantitative estimate of drug-likeness (QED) is 0.511. The van der Waals surface area contributed by atoms with Crippen molar-refractivity contribution in [2.45, 2.75) is 0 Å². The van der Waals surface area contributed by atoms with Crippen LogP contribution in [0.5, 0.6) is 0 Å². The molecule has 44 valence electrons. The van der Waals surface area contributed by atoms with Crippen molar-refractivity contribution in [3.63, 3.8) is 0 Å². The lowest BCUT2D eigenvalue weighted by atomic mass is 10.4. The molecular formula is C5H3N3O. The van der Waals surface area contributed by atoms with Crippen LogP contribution in [0.3, 0.4) is 0 Å². The summed E-state index contributed by atoms with van der Waals surface area (Å²) in [5.41, 5.74) is 0.741. The van der Waals surface area contributed by atoms with Crippen molar-refractivity contribution in [1.82, 2.24) is 15.4 Å². The Kier molecular flexibility index (Phi) is 0.745. The molecule has 0 fully saturated rings. The van der Waals surface area contributed by atoms with Crippen LogP contribution in [0.15, 0.2) is 23.0 Å². The number of rotatable bonds is 0. The Morgan fingerprint density at radius 2 is 2.44 bits per heavy atom. The summed E-state index contributed by atoms with van der Waals surface area (Å²) >= 11 is 0. The van der Waals surface area contributed by atoms with E-state index >= 15 is 0 Å². The van der Waals surface area contributed by atoms with Crippen LogP contribution in [0.2, 0.25) is 0 Å². The van der Waals surface area contributed by atoms with Crippen molar-refractivity contribution >= 4 is 0 Å². The van der Waals surface area contributed by atoms with Crippen molar-refractivity contribution in [2.24, 2.45) is 0 Å². The fraction of sp³-hybridized carbons (Fsp3) is 0. The van der Waals surface area contributed by atoms with Crippen LogP contribution in [0.1, 0.15) is 0 Å². The first-order chi connectivity index (χ1) is 4.47. The Bertz CT molecular complexity index is 252. The smallest absolute Gasteiger partial charge is 0.205 e. The number of fused-ring (bicyclic) bond motifs is 1. The van der Waals surface area contributed by atoms with Gasteiger partial charge in [-0.2, -0.15) is 5.10 Å². The first-order valence-electron chi connectivity index (χ1n) is 2.49. The average molecular weight is 121 g/mol. The van der Waals surface area contributed by atoms with Gasteiger partial charge in [-0.05, 0) is 6.07 Å². The van der Waals surface area contributed by atoms with Crippen LogP contribution in [-0.2, 0) is 0 Å². The van der Waals surface area contributed by atoms with Gasteiger partial charge in [0.1, 0.15) is 5.69 Å². The first kappa shape index (κ1) is 4.43. The molecule has 2 aliphatic heterocycles. The molecule has 4 nitrogen and oxygen atoms in total. The zero-order chi connectivity index (χ0) is 6.10. The zero-order valence-electron chi connectivity index (χ0n) is 4.48. The number of nitrogens with zero attached hydrogens (tertiary/aromatic N) is 3. The molecule has 2 aliphatic rings. The molecule has 0 aromatic heterocycles. The van der Waals surface area contributed by atoms with Crippen molar-refractivity contribution < 1.29 is 4.52 Å². The summed E-state index contributed by atoms with van der Waals surface area (Å²) in [4.78, 5) is 0. The molecular weight excluding hydrogens is 118 g/mol. The van der Waals surface area contributed by atoms with Crippen LogP contribution >= 0.6 is 0 Å². The third-order valence-electron chi connectivity index (χ3n) is 1.04. The summed E-state index contributed by atoms with van der Waals surface area (Å²) in [6, 6.07) is 1.74. The normalized spacial score (nSPS) is 10.2. The lowest BCUT2D eigenvalue weighted by Gasteiger charge is -1.86. The molecule has 4 heteroatoms. The molecule has 0 atom stereocenters. The highest BCUT2D eigenvalue weighted by Crippen LogP contribution is 2.13. The summed E-state index contributed by atoms with van der Waals surface area (Å²) in [7, 11) is 0. The van der Waals surface area contributed by atoms with E-state index in [0.29, 0.717) is 5.76 Å². The van der Waals surface area contributed by atoms with E-state index in [4.69, 9.17) is 4.52 Å². The molecule has 0 aromatic carbocycles. The van der Waals surface area contributed by atoms with Gasteiger partial charge in [0.05, 0.1) is 12.4 Å². The molecule has 2 heterocycles. The van der Waals surface area contributed by atoms with E-state index in [1.54, 1.807) is 6.07 Å². The Labute approximate surface area is 50.8 Å². The Morgan fingerprint density at radius 3 is 3.33 bits per heavy atom. The number of aromatic nitrogens is 3. The van der Waals surface area contributed by atoms with E-state index in [-0.39, 0.29) is 0 Å². The minimum atomic E-state index is 0.623. The second-order valence-electron chi connectivity index (χ2n) is 1.61. The third kappa shape index (κ3) is 0.561. The molecule has 9 heavy (non-hydrogen) atoms. The highest BCUT2D eigenvalue weighted by molar-refractivity contribution is 5.49. The largest absolute Gasteiger partial charge is 0.353 e. The van der Waals surface area contributed by atoms with Gasteiger partial charge in [0.25, 0.3) is 0 Å². The molecule has 2 rings (SSSR count). The standard InChI is InChI=1S/C5H3N3O/c1-2-7-9-5-3-6-8-4(1)5/h1-3H. The van der Waals surface area contributed by atoms with Gasteiger partial charge in [-0.1, -0.05) is 5.16 Å². The van der Waals surface area contributed by atoms with Crippen molar-refractivity contribution in [2.75, 3.05) is 0 Å². The lowest BCUT2D eigenvalue weighted by molar-refractivity contribution is 0.412. The maximum Gasteiger partial charge on any atom is 0.205 e. The van der Waals surface area contributed by atoms with Gasteiger partial charge < -0.3 is 4.52 Å².